The highest BCUT2D eigenvalue weighted by Gasteiger charge is 2.57. The van der Waals surface area contributed by atoms with E-state index < -0.39 is 0 Å². The summed E-state index contributed by atoms with van der Waals surface area (Å²) in [6, 6.07) is 17.0. The van der Waals surface area contributed by atoms with Crippen LogP contribution < -0.4 is 10.6 Å². The summed E-state index contributed by atoms with van der Waals surface area (Å²) in [4.78, 5) is 12.4. The van der Waals surface area contributed by atoms with Crippen molar-refractivity contribution in [2.75, 3.05) is 13.1 Å². The highest BCUT2D eigenvalue weighted by Crippen LogP contribution is 2.58. The summed E-state index contributed by atoms with van der Waals surface area (Å²) in [6.45, 7) is 4.85. The average molecular weight is 334 g/mol. The molecule has 1 atom stereocenters. The van der Waals surface area contributed by atoms with E-state index in [4.69, 9.17) is 0 Å². The number of rotatable bonds is 4. The van der Waals surface area contributed by atoms with E-state index >= 15 is 0 Å². The number of piperidine rings is 1. The zero-order valence-electron chi connectivity index (χ0n) is 14.8. The van der Waals surface area contributed by atoms with Crippen LogP contribution >= 0.6 is 0 Å². The Morgan fingerprint density at radius 1 is 1.12 bits per heavy atom. The fourth-order valence-electron chi connectivity index (χ4n) is 4.15. The predicted octanol–water partition coefficient (Wildman–Crippen LogP) is 3.67. The Hall–Kier alpha value is -2.13. The van der Waals surface area contributed by atoms with Crippen LogP contribution in [-0.4, -0.2) is 19.0 Å². The van der Waals surface area contributed by atoms with Crippen molar-refractivity contribution >= 4 is 5.91 Å². The first kappa shape index (κ1) is 16.3. The van der Waals surface area contributed by atoms with E-state index in [1.54, 1.807) is 0 Å². The van der Waals surface area contributed by atoms with Gasteiger partial charge in [0.2, 0.25) is 5.91 Å². The third kappa shape index (κ3) is 3.47. The molecular formula is C22H26N2O. The first-order valence-electron chi connectivity index (χ1n) is 9.31. The highest BCUT2D eigenvalue weighted by atomic mass is 16.2. The van der Waals surface area contributed by atoms with Gasteiger partial charge in [-0.1, -0.05) is 54.1 Å². The van der Waals surface area contributed by atoms with Crippen LogP contribution in [0.4, 0.5) is 0 Å². The molecule has 25 heavy (non-hydrogen) atoms. The molecule has 2 N–H and O–H groups in total. The van der Waals surface area contributed by atoms with Crippen molar-refractivity contribution in [3.63, 3.8) is 0 Å². The number of hydrogen-bond donors (Lipinski definition) is 2. The zero-order chi connectivity index (χ0) is 17.3. The summed E-state index contributed by atoms with van der Waals surface area (Å²) in [6.07, 6.45) is 3.37. The smallest absolute Gasteiger partial charge is 0.223 e. The molecule has 2 aliphatic rings. The Morgan fingerprint density at radius 3 is 2.60 bits per heavy atom. The fourth-order valence-corrected chi connectivity index (χ4v) is 4.15. The van der Waals surface area contributed by atoms with Gasteiger partial charge < -0.3 is 10.6 Å². The van der Waals surface area contributed by atoms with Gasteiger partial charge in [-0.15, -0.1) is 0 Å². The molecule has 2 fully saturated rings. The van der Waals surface area contributed by atoms with E-state index in [1.807, 2.05) is 0 Å². The molecule has 1 saturated carbocycles. The van der Waals surface area contributed by atoms with Gasteiger partial charge in [-0.25, -0.2) is 0 Å². The fraction of sp³-hybridized carbons (Fsp3) is 0.409. The highest BCUT2D eigenvalue weighted by molar-refractivity contribution is 5.82. The quantitative estimate of drug-likeness (QED) is 0.896. The lowest BCUT2D eigenvalue weighted by Gasteiger charge is -2.23. The van der Waals surface area contributed by atoms with Crippen LogP contribution in [0.2, 0.25) is 0 Å². The summed E-state index contributed by atoms with van der Waals surface area (Å²) < 4.78 is 0. The van der Waals surface area contributed by atoms with Gasteiger partial charge >= 0.3 is 0 Å². The number of carbonyl (C=O) groups is 1. The van der Waals surface area contributed by atoms with Gasteiger partial charge in [0.15, 0.2) is 0 Å². The van der Waals surface area contributed by atoms with Crippen LogP contribution in [0.25, 0.3) is 11.1 Å². The summed E-state index contributed by atoms with van der Waals surface area (Å²) >= 11 is 0. The number of carbonyl (C=O) groups excluding carboxylic acids is 1. The van der Waals surface area contributed by atoms with Crippen molar-refractivity contribution in [1.29, 1.82) is 0 Å². The monoisotopic (exact) mass is 334 g/mol. The van der Waals surface area contributed by atoms with Gasteiger partial charge in [-0.2, -0.15) is 0 Å². The van der Waals surface area contributed by atoms with Crippen molar-refractivity contribution in [2.24, 2.45) is 11.3 Å². The number of hydrogen-bond acceptors (Lipinski definition) is 2. The van der Waals surface area contributed by atoms with E-state index in [9.17, 15) is 4.79 Å². The summed E-state index contributed by atoms with van der Waals surface area (Å²) in [7, 11) is 0. The zero-order valence-corrected chi connectivity index (χ0v) is 14.8. The minimum Gasteiger partial charge on any atom is -0.352 e. The maximum absolute atomic E-state index is 12.4. The molecule has 0 bridgehead atoms. The molecule has 4 rings (SSSR count). The molecule has 1 aliphatic heterocycles. The first-order chi connectivity index (χ1) is 12.2. The second-order valence-electron chi connectivity index (χ2n) is 7.65. The van der Waals surface area contributed by atoms with Crippen molar-refractivity contribution in [1.82, 2.24) is 10.6 Å². The molecule has 130 valence electrons. The Morgan fingerprint density at radius 2 is 1.88 bits per heavy atom. The van der Waals surface area contributed by atoms with E-state index in [2.05, 4.69) is 66.1 Å². The number of amides is 1. The lowest BCUT2D eigenvalue weighted by atomic mass is 9.92. The van der Waals surface area contributed by atoms with Crippen LogP contribution in [0, 0.1) is 18.3 Å². The van der Waals surface area contributed by atoms with Crippen molar-refractivity contribution in [3.8, 4) is 11.1 Å². The molecule has 1 saturated heterocycles. The molecule has 1 aliphatic carbocycles. The SMILES string of the molecule is Cc1cccc(-c2ccc(CNC(=O)C3CC34CCNCC4)cc2)c1. The molecule has 2 aromatic carbocycles. The summed E-state index contributed by atoms with van der Waals surface area (Å²) in [5.74, 6) is 0.478. The van der Waals surface area contributed by atoms with Crippen LogP contribution in [0.5, 0.6) is 0 Å². The van der Waals surface area contributed by atoms with Gasteiger partial charge in [0, 0.05) is 12.5 Å². The Labute approximate surface area is 149 Å². The van der Waals surface area contributed by atoms with Crippen molar-refractivity contribution in [2.45, 2.75) is 32.7 Å². The third-order valence-corrected chi connectivity index (χ3v) is 5.88. The van der Waals surface area contributed by atoms with Gasteiger partial charge in [-0.3, -0.25) is 4.79 Å². The topological polar surface area (TPSA) is 41.1 Å². The van der Waals surface area contributed by atoms with Crippen LogP contribution in [0.1, 0.15) is 30.4 Å². The molecule has 1 heterocycles. The van der Waals surface area contributed by atoms with Crippen LogP contribution in [0.3, 0.4) is 0 Å². The average Bonchev–Trinajstić information content (AvgIpc) is 3.33. The molecule has 0 aromatic heterocycles. The molecule has 1 unspecified atom stereocenters. The third-order valence-electron chi connectivity index (χ3n) is 5.88. The van der Waals surface area contributed by atoms with Gasteiger partial charge in [-0.05, 0) is 61.4 Å². The number of benzene rings is 2. The lowest BCUT2D eigenvalue weighted by Crippen LogP contribution is -2.33. The second kappa shape index (κ2) is 6.64. The number of aryl methyl sites for hydroxylation is 1. The summed E-state index contributed by atoms with van der Waals surface area (Å²) in [5, 5.41) is 6.53. The molecule has 1 spiro atoms. The first-order valence-corrected chi connectivity index (χ1v) is 9.31. The van der Waals surface area contributed by atoms with Gasteiger partial charge in [0.1, 0.15) is 0 Å². The predicted molar refractivity (Wildman–Crippen MR) is 101 cm³/mol. The Bertz CT molecular complexity index is 760. The second-order valence-corrected chi connectivity index (χ2v) is 7.65. The van der Waals surface area contributed by atoms with Crippen LogP contribution in [-0.2, 0) is 11.3 Å². The standard InChI is InChI=1S/C22H26N2O/c1-16-3-2-4-19(13-16)18-7-5-17(6-8-18)15-24-21(25)20-14-22(20)9-11-23-12-10-22/h2-8,13,20,23H,9-12,14-15H2,1H3,(H,24,25). The number of nitrogens with one attached hydrogen (secondary N) is 2. The molecule has 1 amide bonds. The maximum atomic E-state index is 12.4. The van der Waals surface area contributed by atoms with E-state index in [0.29, 0.717) is 12.0 Å². The largest absolute Gasteiger partial charge is 0.352 e. The van der Waals surface area contributed by atoms with Crippen molar-refractivity contribution < 1.29 is 4.79 Å². The normalized spacial score (nSPS) is 21.1. The van der Waals surface area contributed by atoms with Gasteiger partial charge in [0.25, 0.3) is 0 Å². The molecular weight excluding hydrogens is 308 g/mol. The van der Waals surface area contributed by atoms with E-state index in [1.165, 1.54) is 16.7 Å². The van der Waals surface area contributed by atoms with Crippen LogP contribution in [0.15, 0.2) is 48.5 Å². The van der Waals surface area contributed by atoms with Crippen molar-refractivity contribution in [3.05, 3.63) is 59.7 Å². The molecule has 3 heteroatoms. The van der Waals surface area contributed by atoms with E-state index in [0.717, 1.165) is 37.9 Å². The van der Waals surface area contributed by atoms with E-state index in [-0.39, 0.29) is 11.8 Å². The molecule has 0 radical (unpaired) electrons. The molecule has 3 nitrogen and oxygen atoms in total. The van der Waals surface area contributed by atoms with Gasteiger partial charge in [0.05, 0.1) is 0 Å². The minimum absolute atomic E-state index is 0.237. The lowest BCUT2D eigenvalue weighted by molar-refractivity contribution is -0.123. The minimum atomic E-state index is 0.237. The Balaban J connectivity index is 1.34. The maximum Gasteiger partial charge on any atom is 0.223 e. The summed E-state index contributed by atoms with van der Waals surface area (Å²) in [5.41, 5.74) is 5.19. The Kier molecular flexibility index (Phi) is 4.34. The molecule has 2 aromatic rings.